The summed E-state index contributed by atoms with van der Waals surface area (Å²) in [6.07, 6.45) is 0. The molecule has 16 rings (SSSR count). The van der Waals surface area contributed by atoms with Crippen molar-refractivity contribution in [1.29, 1.82) is 0 Å². The molecule has 2 aliphatic rings. The highest BCUT2D eigenvalue weighted by Crippen LogP contribution is 2.53. The van der Waals surface area contributed by atoms with Crippen LogP contribution in [-0.4, -0.2) is 14.5 Å². The predicted molar refractivity (Wildman–Crippen MR) is 353 cm³/mol. The summed E-state index contributed by atoms with van der Waals surface area (Å²) in [5.41, 5.74) is 25.6. The molecule has 0 radical (unpaired) electrons. The summed E-state index contributed by atoms with van der Waals surface area (Å²) in [7, 11) is 0. The van der Waals surface area contributed by atoms with Crippen LogP contribution in [0.2, 0.25) is 0 Å². The second kappa shape index (κ2) is 19.2. The van der Waals surface area contributed by atoms with Crippen LogP contribution in [0.5, 0.6) is 0 Å². The minimum atomic E-state index is -0.153. The molecule has 84 heavy (non-hydrogen) atoms. The van der Waals surface area contributed by atoms with Gasteiger partial charge in [-0.2, -0.15) is 0 Å². The Labute approximate surface area is 493 Å². The molecule has 0 N–H and O–H groups in total. The van der Waals surface area contributed by atoms with Crippen LogP contribution in [0.15, 0.2) is 273 Å². The molecule has 0 saturated carbocycles. The van der Waals surface area contributed by atoms with Crippen LogP contribution in [0, 0.1) is 0 Å². The largest absolute Gasteiger partial charge is 0.310 e. The average molecular weight is 1100 g/mol. The molecular weight excluding hydrogens is 1040 g/mol. The Hall–Kier alpha value is -10.1. The average Bonchev–Trinajstić information content (AvgIpc) is 2.30. The lowest BCUT2D eigenvalue weighted by molar-refractivity contribution is 0.660. The van der Waals surface area contributed by atoms with E-state index in [0.29, 0.717) is 0 Å². The summed E-state index contributed by atoms with van der Waals surface area (Å²) >= 11 is 1.74. The van der Waals surface area contributed by atoms with Crippen molar-refractivity contribution in [2.75, 3.05) is 9.80 Å². The maximum absolute atomic E-state index is 5.21. The number of hydrogen-bond donors (Lipinski definition) is 0. The van der Waals surface area contributed by atoms with E-state index in [0.717, 1.165) is 83.9 Å². The van der Waals surface area contributed by atoms with Crippen molar-refractivity contribution in [2.24, 2.45) is 0 Å². The fourth-order valence-corrected chi connectivity index (χ4v) is 14.4. The maximum atomic E-state index is 5.21. The Kier molecular flexibility index (Phi) is 11.4. The van der Waals surface area contributed by atoms with Gasteiger partial charge in [0.05, 0.1) is 21.3 Å². The van der Waals surface area contributed by atoms with E-state index in [1.54, 1.807) is 11.3 Å². The maximum Gasteiger partial charge on any atom is 0.145 e. The normalized spacial score (nSPS) is 13.4. The van der Waals surface area contributed by atoms with Gasteiger partial charge in [0.25, 0.3) is 0 Å². The molecule has 6 heteroatoms. The number of fused-ring (bicyclic) bond motifs is 9. The van der Waals surface area contributed by atoms with Gasteiger partial charge in [-0.25, -0.2) is 9.97 Å². The summed E-state index contributed by atoms with van der Waals surface area (Å²) in [5.74, 6) is 0.910. The van der Waals surface area contributed by atoms with Gasteiger partial charge in [0.15, 0.2) is 0 Å². The number of anilines is 6. The number of hydrogen-bond acceptors (Lipinski definition) is 5. The third kappa shape index (κ3) is 8.04. The summed E-state index contributed by atoms with van der Waals surface area (Å²) < 4.78 is 3.46. The van der Waals surface area contributed by atoms with Gasteiger partial charge < -0.3 is 9.80 Å². The Morgan fingerprint density at radius 3 is 1.42 bits per heavy atom. The standard InChI is InChI=1S/C78H57N5S/c1-77(2)67-20-10-8-18-63(67)65-44-42-61(48-69(65)77)81(58-39-32-52(33-40-58)76-80-72-23-13-15-25-74(72)84-76)57-35-28-50(29-36-57)53-26-27-55-47-60(41-34-54(55)46-53)82(62-43-45-66-64-19-9-11-21-68(64)78(3,4)70(66)49-62)59-37-30-51(31-38-59)75-79-71-22-12-14-24-73(71)83(75)56-16-6-5-7-17-56/h5-49H,1-4H3. The number of aromatic nitrogens is 3. The fourth-order valence-electron chi connectivity index (χ4n) is 13.5. The molecule has 0 unspecified atom stereocenters. The highest BCUT2D eigenvalue weighted by molar-refractivity contribution is 7.21. The van der Waals surface area contributed by atoms with Crippen molar-refractivity contribution in [1.82, 2.24) is 14.5 Å². The first kappa shape index (κ1) is 49.7. The van der Waals surface area contributed by atoms with Gasteiger partial charge in [0.2, 0.25) is 0 Å². The van der Waals surface area contributed by atoms with Gasteiger partial charge in [-0.15, -0.1) is 11.3 Å². The molecule has 0 atom stereocenters. The molecule has 5 nitrogen and oxygen atoms in total. The molecule has 0 aliphatic heterocycles. The number of thiazole rings is 1. The van der Waals surface area contributed by atoms with Crippen LogP contribution in [-0.2, 0) is 10.8 Å². The van der Waals surface area contributed by atoms with E-state index in [2.05, 4.69) is 315 Å². The molecule has 0 saturated heterocycles. The van der Waals surface area contributed by atoms with Crippen LogP contribution in [0.1, 0.15) is 49.9 Å². The van der Waals surface area contributed by atoms with Crippen molar-refractivity contribution in [3.63, 3.8) is 0 Å². The molecule has 0 fully saturated rings. The Bertz CT molecular complexity index is 4860. The highest BCUT2D eigenvalue weighted by Gasteiger charge is 2.37. The Morgan fingerprint density at radius 1 is 0.333 bits per heavy atom. The van der Waals surface area contributed by atoms with Gasteiger partial charge in [-0.3, -0.25) is 4.57 Å². The lowest BCUT2D eigenvalue weighted by Gasteiger charge is -2.28. The van der Waals surface area contributed by atoms with E-state index in [1.165, 1.54) is 65.5 Å². The smallest absolute Gasteiger partial charge is 0.145 e. The summed E-state index contributed by atoms with van der Waals surface area (Å²) in [6, 6.07) is 99.8. The first-order valence-corrected chi connectivity index (χ1v) is 29.8. The van der Waals surface area contributed by atoms with Crippen LogP contribution in [0.3, 0.4) is 0 Å². The number of benzene rings is 12. The van der Waals surface area contributed by atoms with Crippen molar-refractivity contribution in [3.8, 4) is 61.0 Å². The Balaban J connectivity index is 0.753. The van der Waals surface area contributed by atoms with Gasteiger partial charge in [0.1, 0.15) is 10.8 Å². The van der Waals surface area contributed by atoms with Gasteiger partial charge in [-0.1, -0.05) is 161 Å². The summed E-state index contributed by atoms with van der Waals surface area (Å²) in [4.78, 5) is 15.0. The third-order valence-electron chi connectivity index (χ3n) is 17.8. The van der Waals surface area contributed by atoms with Gasteiger partial charge in [-0.05, 0) is 206 Å². The summed E-state index contributed by atoms with van der Waals surface area (Å²) in [6.45, 7) is 9.42. The lowest BCUT2D eigenvalue weighted by Crippen LogP contribution is -2.16. The van der Waals surface area contributed by atoms with Crippen LogP contribution < -0.4 is 9.80 Å². The second-order valence-electron chi connectivity index (χ2n) is 23.4. The number of nitrogens with zero attached hydrogens (tertiary/aromatic N) is 5. The molecule has 0 spiro atoms. The minimum Gasteiger partial charge on any atom is -0.310 e. The Morgan fingerprint density at radius 2 is 0.786 bits per heavy atom. The zero-order valence-corrected chi connectivity index (χ0v) is 47.9. The number of para-hydroxylation sites is 4. The van der Waals surface area contributed by atoms with Crippen molar-refractivity contribution >= 4 is 77.5 Å². The molecule has 12 aromatic carbocycles. The van der Waals surface area contributed by atoms with Crippen LogP contribution in [0.4, 0.5) is 34.1 Å². The first-order chi connectivity index (χ1) is 41.1. The number of imidazole rings is 1. The van der Waals surface area contributed by atoms with Gasteiger partial charge >= 0.3 is 0 Å². The summed E-state index contributed by atoms with van der Waals surface area (Å²) in [5, 5.41) is 3.37. The van der Waals surface area contributed by atoms with Crippen LogP contribution in [0.25, 0.3) is 93.0 Å². The third-order valence-corrected chi connectivity index (χ3v) is 18.9. The van der Waals surface area contributed by atoms with E-state index in [1.807, 2.05) is 0 Å². The molecule has 14 aromatic rings. The molecule has 2 heterocycles. The van der Waals surface area contributed by atoms with E-state index < -0.39 is 0 Å². The monoisotopic (exact) mass is 1100 g/mol. The molecule has 0 bridgehead atoms. The molecule has 0 amide bonds. The predicted octanol–water partition coefficient (Wildman–Crippen LogP) is 21.3. The van der Waals surface area contributed by atoms with E-state index >= 15 is 0 Å². The first-order valence-electron chi connectivity index (χ1n) is 29.0. The molecular formula is C78H57N5S. The van der Waals surface area contributed by atoms with Crippen molar-refractivity contribution in [2.45, 2.75) is 38.5 Å². The molecule has 400 valence electrons. The van der Waals surface area contributed by atoms with E-state index in [9.17, 15) is 0 Å². The minimum absolute atomic E-state index is 0.133. The molecule has 2 aliphatic carbocycles. The second-order valence-corrected chi connectivity index (χ2v) is 24.5. The van der Waals surface area contributed by atoms with Crippen molar-refractivity contribution in [3.05, 3.63) is 295 Å². The zero-order chi connectivity index (χ0) is 56.3. The zero-order valence-electron chi connectivity index (χ0n) is 47.1. The highest BCUT2D eigenvalue weighted by atomic mass is 32.1. The molecule has 2 aromatic heterocycles. The van der Waals surface area contributed by atoms with Gasteiger partial charge in [0, 0.05) is 61.8 Å². The van der Waals surface area contributed by atoms with Crippen molar-refractivity contribution < 1.29 is 0 Å². The van der Waals surface area contributed by atoms with E-state index in [-0.39, 0.29) is 10.8 Å². The van der Waals surface area contributed by atoms with E-state index in [4.69, 9.17) is 9.97 Å². The van der Waals surface area contributed by atoms with Crippen LogP contribution >= 0.6 is 11.3 Å². The topological polar surface area (TPSA) is 37.2 Å². The SMILES string of the molecule is CC1(C)c2ccccc2-c2ccc(N(c3ccc(-c4ccc5cc(N(c6ccc(-c7nc8ccccc8n7-c7ccccc7)cc6)c6ccc7c(c6)C(C)(C)c6ccccc6-7)ccc5c4)cc3)c3ccc(-c4nc5ccccc5s4)cc3)cc21. The lowest BCUT2D eigenvalue weighted by atomic mass is 9.82. The number of rotatable bonds is 10. The quantitative estimate of drug-likeness (QED) is 0.137. The fraction of sp³-hybridized carbons (Fsp3) is 0.0769.